The van der Waals surface area contributed by atoms with Crippen LogP contribution in [0.3, 0.4) is 0 Å². The van der Waals surface area contributed by atoms with E-state index in [0.29, 0.717) is 13.2 Å². The predicted molar refractivity (Wildman–Crippen MR) is 71.0 cm³/mol. The molecule has 5 nitrogen and oxygen atoms in total. The Morgan fingerprint density at radius 1 is 1.58 bits per heavy atom. The van der Waals surface area contributed by atoms with Crippen molar-refractivity contribution in [2.75, 3.05) is 13.2 Å². The van der Waals surface area contributed by atoms with Gasteiger partial charge in [0, 0.05) is 11.5 Å². The van der Waals surface area contributed by atoms with E-state index in [9.17, 15) is 9.59 Å². The van der Waals surface area contributed by atoms with E-state index in [1.165, 1.54) is 11.3 Å². The van der Waals surface area contributed by atoms with Gasteiger partial charge in [0.15, 0.2) is 0 Å². The fourth-order valence-electron chi connectivity index (χ4n) is 2.12. The third-order valence-electron chi connectivity index (χ3n) is 3.11. The largest absolute Gasteiger partial charge is 0.481 e. The number of hydrogen-bond acceptors (Lipinski definition) is 4. The van der Waals surface area contributed by atoms with Gasteiger partial charge in [0.2, 0.25) is 5.91 Å². The SMILES string of the molecule is O=C(O)C[C@@H](NC(=O)[C@H]1CCCOC1)c1cccs1. The maximum atomic E-state index is 12.1. The summed E-state index contributed by atoms with van der Waals surface area (Å²) >= 11 is 1.45. The number of carboxylic acids is 1. The Labute approximate surface area is 115 Å². The van der Waals surface area contributed by atoms with Gasteiger partial charge in [-0.25, -0.2) is 0 Å². The number of hydrogen-bond donors (Lipinski definition) is 2. The van der Waals surface area contributed by atoms with Crippen LogP contribution in [0, 0.1) is 5.92 Å². The Kier molecular flexibility index (Phi) is 4.93. The van der Waals surface area contributed by atoms with Crippen molar-refractivity contribution in [1.29, 1.82) is 0 Å². The van der Waals surface area contributed by atoms with Crippen LogP contribution in [0.1, 0.15) is 30.2 Å². The molecule has 2 rings (SSSR count). The first-order chi connectivity index (χ1) is 9.16. The van der Waals surface area contributed by atoms with Crippen LogP contribution < -0.4 is 5.32 Å². The van der Waals surface area contributed by atoms with Gasteiger partial charge in [-0.15, -0.1) is 11.3 Å². The van der Waals surface area contributed by atoms with Crippen molar-refractivity contribution in [2.24, 2.45) is 5.92 Å². The van der Waals surface area contributed by atoms with Gasteiger partial charge in [-0.1, -0.05) is 6.07 Å². The predicted octanol–water partition coefficient (Wildman–Crippen LogP) is 1.81. The molecule has 1 fully saturated rings. The van der Waals surface area contributed by atoms with E-state index in [0.717, 1.165) is 17.7 Å². The first-order valence-corrected chi connectivity index (χ1v) is 7.18. The summed E-state index contributed by atoms with van der Waals surface area (Å²) < 4.78 is 5.28. The second-order valence-corrected chi connectivity index (χ2v) is 5.57. The molecule has 1 amide bonds. The smallest absolute Gasteiger partial charge is 0.305 e. The highest BCUT2D eigenvalue weighted by Gasteiger charge is 2.26. The van der Waals surface area contributed by atoms with Crippen LogP contribution in [0.5, 0.6) is 0 Å². The third kappa shape index (κ3) is 4.04. The van der Waals surface area contributed by atoms with Crippen molar-refractivity contribution in [2.45, 2.75) is 25.3 Å². The van der Waals surface area contributed by atoms with Crippen LogP contribution in [-0.2, 0) is 14.3 Å². The Morgan fingerprint density at radius 2 is 2.42 bits per heavy atom. The molecular formula is C13H17NO4S. The summed E-state index contributed by atoms with van der Waals surface area (Å²) in [5, 5.41) is 13.6. The Balaban J connectivity index is 1.99. The summed E-state index contributed by atoms with van der Waals surface area (Å²) in [5.74, 6) is -1.19. The van der Waals surface area contributed by atoms with Crippen LogP contribution in [0.25, 0.3) is 0 Å². The van der Waals surface area contributed by atoms with Gasteiger partial charge in [-0.3, -0.25) is 9.59 Å². The lowest BCUT2D eigenvalue weighted by Gasteiger charge is -2.24. The van der Waals surface area contributed by atoms with Crippen molar-refractivity contribution in [1.82, 2.24) is 5.32 Å². The van der Waals surface area contributed by atoms with Crippen LogP contribution >= 0.6 is 11.3 Å². The van der Waals surface area contributed by atoms with E-state index in [1.807, 2.05) is 17.5 Å². The molecule has 0 bridgehead atoms. The molecule has 1 aromatic rings. The van der Waals surface area contributed by atoms with Crippen molar-refractivity contribution < 1.29 is 19.4 Å². The minimum atomic E-state index is -0.918. The van der Waals surface area contributed by atoms with Crippen molar-refractivity contribution in [3.8, 4) is 0 Å². The van der Waals surface area contributed by atoms with Crippen LogP contribution in [0.4, 0.5) is 0 Å². The summed E-state index contributed by atoms with van der Waals surface area (Å²) in [6, 6.07) is 3.24. The summed E-state index contributed by atoms with van der Waals surface area (Å²) in [4.78, 5) is 23.9. The van der Waals surface area contributed by atoms with E-state index in [2.05, 4.69) is 5.32 Å². The van der Waals surface area contributed by atoms with E-state index < -0.39 is 12.0 Å². The average Bonchev–Trinajstić information content (AvgIpc) is 2.92. The van der Waals surface area contributed by atoms with Crippen molar-refractivity contribution >= 4 is 23.2 Å². The van der Waals surface area contributed by atoms with Gasteiger partial charge in [-0.05, 0) is 24.3 Å². The minimum Gasteiger partial charge on any atom is -0.481 e. The van der Waals surface area contributed by atoms with E-state index in [-0.39, 0.29) is 18.2 Å². The molecule has 6 heteroatoms. The monoisotopic (exact) mass is 283 g/mol. The second kappa shape index (κ2) is 6.68. The summed E-state index contributed by atoms with van der Waals surface area (Å²) in [6.07, 6.45) is 1.58. The van der Waals surface area contributed by atoms with E-state index in [1.54, 1.807) is 0 Å². The zero-order valence-electron chi connectivity index (χ0n) is 10.5. The van der Waals surface area contributed by atoms with Crippen LogP contribution in [0.15, 0.2) is 17.5 Å². The molecule has 104 valence electrons. The molecule has 2 N–H and O–H groups in total. The van der Waals surface area contributed by atoms with Crippen molar-refractivity contribution in [3.63, 3.8) is 0 Å². The maximum Gasteiger partial charge on any atom is 0.305 e. The molecule has 1 aliphatic rings. The zero-order chi connectivity index (χ0) is 13.7. The lowest BCUT2D eigenvalue weighted by atomic mass is 10.0. The first-order valence-electron chi connectivity index (χ1n) is 6.30. The topological polar surface area (TPSA) is 75.6 Å². The third-order valence-corrected chi connectivity index (χ3v) is 4.10. The molecule has 0 aliphatic carbocycles. The number of ether oxygens (including phenoxy) is 1. The molecule has 2 atom stereocenters. The maximum absolute atomic E-state index is 12.1. The number of carbonyl (C=O) groups is 2. The Hall–Kier alpha value is -1.40. The molecule has 0 unspecified atom stereocenters. The molecule has 19 heavy (non-hydrogen) atoms. The summed E-state index contributed by atoms with van der Waals surface area (Å²) in [7, 11) is 0. The average molecular weight is 283 g/mol. The number of carboxylic acid groups (broad SMARTS) is 1. The molecule has 0 radical (unpaired) electrons. The Bertz CT molecular complexity index is 426. The minimum absolute atomic E-state index is 0.0974. The number of thiophene rings is 1. The lowest BCUT2D eigenvalue weighted by Crippen LogP contribution is -2.38. The van der Waals surface area contributed by atoms with Gasteiger partial charge in [-0.2, -0.15) is 0 Å². The van der Waals surface area contributed by atoms with Gasteiger partial charge >= 0.3 is 5.97 Å². The highest BCUT2D eigenvalue weighted by Crippen LogP contribution is 2.23. The highest BCUT2D eigenvalue weighted by molar-refractivity contribution is 7.10. The number of carbonyl (C=O) groups excluding carboxylic acids is 1. The molecule has 0 saturated carbocycles. The van der Waals surface area contributed by atoms with Gasteiger partial charge in [0.1, 0.15) is 0 Å². The quantitative estimate of drug-likeness (QED) is 0.864. The fourth-order valence-corrected chi connectivity index (χ4v) is 2.90. The second-order valence-electron chi connectivity index (χ2n) is 4.59. The van der Waals surface area contributed by atoms with Crippen LogP contribution in [0.2, 0.25) is 0 Å². The number of aliphatic carboxylic acids is 1. The van der Waals surface area contributed by atoms with Crippen LogP contribution in [-0.4, -0.2) is 30.2 Å². The van der Waals surface area contributed by atoms with E-state index in [4.69, 9.17) is 9.84 Å². The molecule has 0 spiro atoms. The normalized spacial score (nSPS) is 20.7. The number of amides is 1. The van der Waals surface area contributed by atoms with Gasteiger partial charge in [0.25, 0.3) is 0 Å². The number of nitrogens with one attached hydrogen (secondary N) is 1. The summed E-state index contributed by atoms with van der Waals surface area (Å²) in [5.41, 5.74) is 0. The van der Waals surface area contributed by atoms with Crippen molar-refractivity contribution in [3.05, 3.63) is 22.4 Å². The zero-order valence-corrected chi connectivity index (χ0v) is 11.3. The molecule has 1 saturated heterocycles. The molecule has 1 aliphatic heterocycles. The van der Waals surface area contributed by atoms with E-state index >= 15 is 0 Å². The molecule has 2 heterocycles. The molecule has 0 aromatic carbocycles. The standard InChI is InChI=1S/C13H17NO4S/c15-12(16)7-10(11-4-2-6-19-11)14-13(17)9-3-1-5-18-8-9/h2,4,6,9-10H,1,3,5,7-8H2,(H,14,17)(H,15,16)/t9-,10+/m0/s1. The highest BCUT2D eigenvalue weighted by atomic mass is 32.1. The molecule has 1 aromatic heterocycles. The lowest BCUT2D eigenvalue weighted by molar-refractivity contribution is -0.138. The van der Waals surface area contributed by atoms with Gasteiger partial charge < -0.3 is 15.2 Å². The fraction of sp³-hybridized carbons (Fsp3) is 0.538. The Morgan fingerprint density at radius 3 is 3.00 bits per heavy atom. The van der Waals surface area contributed by atoms with Gasteiger partial charge in [0.05, 0.1) is 25.0 Å². The number of rotatable bonds is 5. The first kappa shape index (κ1) is 14.0. The molecular weight excluding hydrogens is 266 g/mol. The summed E-state index contributed by atoms with van der Waals surface area (Å²) in [6.45, 7) is 1.13.